The SMILES string of the molecule is CN(Cc1cc(N(C)C)ccn1)Cc1cc(O)cc(-c2cc(N(C)CCO)ccn2)n1. The van der Waals surface area contributed by atoms with Crippen LogP contribution in [0.2, 0.25) is 0 Å². The lowest BCUT2D eigenvalue weighted by Gasteiger charge is -2.19. The minimum absolute atomic E-state index is 0.0708. The molecular formula is C23H30N6O2. The average molecular weight is 423 g/mol. The molecule has 164 valence electrons. The fourth-order valence-corrected chi connectivity index (χ4v) is 3.30. The predicted octanol–water partition coefficient (Wildman–Crippen LogP) is 2.37. The monoisotopic (exact) mass is 422 g/mol. The van der Waals surface area contributed by atoms with E-state index in [0.29, 0.717) is 31.0 Å². The van der Waals surface area contributed by atoms with E-state index in [1.165, 1.54) is 0 Å². The van der Waals surface area contributed by atoms with Crippen molar-refractivity contribution in [3.63, 3.8) is 0 Å². The molecule has 0 aliphatic carbocycles. The molecule has 31 heavy (non-hydrogen) atoms. The van der Waals surface area contributed by atoms with E-state index in [1.807, 2.05) is 62.4 Å². The molecule has 8 heteroatoms. The third-order valence-electron chi connectivity index (χ3n) is 4.93. The van der Waals surface area contributed by atoms with Gasteiger partial charge in [-0.25, -0.2) is 4.98 Å². The molecule has 0 saturated heterocycles. The molecule has 0 atom stereocenters. The number of aliphatic hydroxyl groups is 1. The number of pyridine rings is 3. The molecule has 0 bridgehead atoms. The van der Waals surface area contributed by atoms with Crippen molar-refractivity contribution in [1.29, 1.82) is 0 Å². The quantitative estimate of drug-likeness (QED) is 0.543. The number of aromatic nitrogens is 3. The molecule has 3 heterocycles. The van der Waals surface area contributed by atoms with Gasteiger partial charge >= 0.3 is 0 Å². The smallest absolute Gasteiger partial charge is 0.119 e. The number of rotatable bonds is 9. The van der Waals surface area contributed by atoms with E-state index < -0.39 is 0 Å². The van der Waals surface area contributed by atoms with Crippen molar-refractivity contribution in [2.75, 3.05) is 51.1 Å². The topological polar surface area (TPSA) is 88.9 Å². The molecule has 0 aliphatic heterocycles. The van der Waals surface area contributed by atoms with Crippen molar-refractivity contribution in [3.8, 4) is 17.1 Å². The van der Waals surface area contributed by atoms with Crippen LogP contribution < -0.4 is 9.80 Å². The second-order valence-electron chi connectivity index (χ2n) is 7.82. The zero-order valence-electron chi connectivity index (χ0n) is 18.5. The minimum atomic E-state index is 0.0708. The number of anilines is 2. The lowest BCUT2D eigenvalue weighted by atomic mass is 10.2. The molecule has 0 spiro atoms. The van der Waals surface area contributed by atoms with Gasteiger partial charge in [-0.05, 0) is 31.3 Å². The third kappa shape index (κ3) is 6.13. The molecule has 0 aliphatic rings. The van der Waals surface area contributed by atoms with E-state index in [0.717, 1.165) is 22.8 Å². The highest BCUT2D eigenvalue weighted by molar-refractivity contribution is 5.62. The van der Waals surface area contributed by atoms with Gasteiger partial charge in [0.05, 0.1) is 29.4 Å². The molecule has 8 nitrogen and oxygen atoms in total. The molecule has 3 aromatic heterocycles. The fourth-order valence-electron chi connectivity index (χ4n) is 3.30. The molecule has 0 radical (unpaired) electrons. The second-order valence-corrected chi connectivity index (χ2v) is 7.82. The van der Waals surface area contributed by atoms with Crippen LogP contribution in [0.4, 0.5) is 11.4 Å². The van der Waals surface area contributed by atoms with Gasteiger partial charge in [0.15, 0.2) is 0 Å². The average Bonchev–Trinajstić information content (AvgIpc) is 2.73. The van der Waals surface area contributed by atoms with Crippen molar-refractivity contribution in [3.05, 3.63) is 60.2 Å². The van der Waals surface area contributed by atoms with Gasteiger partial charge in [-0.2, -0.15) is 0 Å². The van der Waals surface area contributed by atoms with Gasteiger partial charge in [0.1, 0.15) is 5.75 Å². The summed E-state index contributed by atoms with van der Waals surface area (Å²) in [5, 5.41) is 19.4. The first-order chi connectivity index (χ1) is 14.9. The maximum Gasteiger partial charge on any atom is 0.119 e. The first kappa shape index (κ1) is 22.5. The molecule has 0 aromatic carbocycles. The van der Waals surface area contributed by atoms with Crippen LogP contribution in [0.15, 0.2) is 48.8 Å². The Bertz CT molecular complexity index is 1010. The van der Waals surface area contributed by atoms with E-state index >= 15 is 0 Å². The van der Waals surface area contributed by atoms with E-state index in [4.69, 9.17) is 4.98 Å². The first-order valence-corrected chi connectivity index (χ1v) is 10.1. The summed E-state index contributed by atoms with van der Waals surface area (Å²) in [6, 6.07) is 11.1. The van der Waals surface area contributed by atoms with Crippen LogP contribution in [0, 0.1) is 0 Å². The molecule has 0 fully saturated rings. The van der Waals surface area contributed by atoms with Crippen molar-refractivity contribution in [2.24, 2.45) is 0 Å². The van der Waals surface area contributed by atoms with Crippen molar-refractivity contribution in [2.45, 2.75) is 13.1 Å². The Labute approximate surface area is 183 Å². The number of hydrogen-bond donors (Lipinski definition) is 2. The number of likely N-dealkylation sites (N-methyl/N-ethyl adjacent to an activating group) is 1. The first-order valence-electron chi connectivity index (χ1n) is 10.1. The van der Waals surface area contributed by atoms with Crippen LogP contribution in [-0.4, -0.2) is 71.4 Å². The number of nitrogens with zero attached hydrogens (tertiary/aromatic N) is 6. The largest absolute Gasteiger partial charge is 0.508 e. The van der Waals surface area contributed by atoms with Gasteiger partial charge in [0.2, 0.25) is 0 Å². The van der Waals surface area contributed by atoms with Crippen LogP contribution in [0.1, 0.15) is 11.4 Å². The molecule has 0 unspecified atom stereocenters. The van der Waals surface area contributed by atoms with E-state index in [2.05, 4.69) is 20.9 Å². The summed E-state index contributed by atoms with van der Waals surface area (Å²) in [4.78, 5) is 19.7. The van der Waals surface area contributed by atoms with Crippen LogP contribution in [0.3, 0.4) is 0 Å². The molecule has 2 N–H and O–H groups in total. The Kier molecular flexibility index (Phi) is 7.38. The van der Waals surface area contributed by atoms with Gasteiger partial charge in [-0.1, -0.05) is 0 Å². The summed E-state index contributed by atoms with van der Waals surface area (Å²) < 4.78 is 0. The third-order valence-corrected chi connectivity index (χ3v) is 4.93. The molecular weight excluding hydrogens is 392 g/mol. The van der Waals surface area contributed by atoms with Crippen LogP contribution in [-0.2, 0) is 13.1 Å². The number of aliphatic hydroxyl groups excluding tert-OH is 1. The summed E-state index contributed by atoms with van der Waals surface area (Å²) in [5.41, 5.74) is 5.02. The zero-order valence-corrected chi connectivity index (χ0v) is 18.5. The summed E-state index contributed by atoms with van der Waals surface area (Å²) in [6.45, 7) is 1.81. The predicted molar refractivity (Wildman–Crippen MR) is 123 cm³/mol. The highest BCUT2D eigenvalue weighted by atomic mass is 16.3. The summed E-state index contributed by atoms with van der Waals surface area (Å²) in [5.74, 6) is 0.150. The molecule has 3 rings (SSSR count). The van der Waals surface area contributed by atoms with Gasteiger partial charge < -0.3 is 20.0 Å². The molecule has 3 aromatic rings. The van der Waals surface area contributed by atoms with E-state index in [9.17, 15) is 10.2 Å². The minimum Gasteiger partial charge on any atom is -0.508 e. The lowest BCUT2D eigenvalue weighted by molar-refractivity contribution is 0.304. The van der Waals surface area contributed by atoms with Gasteiger partial charge in [0.25, 0.3) is 0 Å². The van der Waals surface area contributed by atoms with Crippen LogP contribution in [0.25, 0.3) is 11.4 Å². The highest BCUT2D eigenvalue weighted by Crippen LogP contribution is 2.25. The fraction of sp³-hybridized carbons (Fsp3) is 0.348. The van der Waals surface area contributed by atoms with E-state index in [-0.39, 0.29) is 12.4 Å². The van der Waals surface area contributed by atoms with E-state index in [1.54, 1.807) is 18.3 Å². The van der Waals surface area contributed by atoms with Crippen molar-refractivity contribution >= 4 is 11.4 Å². The number of aromatic hydroxyl groups is 1. The number of hydrogen-bond acceptors (Lipinski definition) is 8. The summed E-state index contributed by atoms with van der Waals surface area (Å²) in [6.07, 6.45) is 3.52. The van der Waals surface area contributed by atoms with Gasteiger partial charge in [-0.3, -0.25) is 14.9 Å². The maximum absolute atomic E-state index is 10.3. The van der Waals surface area contributed by atoms with Crippen molar-refractivity contribution < 1.29 is 10.2 Å². The Morgan fingerprint density at radius 1 is 0.806 bits per heavy atom. The van der Waals surface area contributed by atoms with Crippen molar-refractivity contribution in [1.82, 2.24) is 19.9 Å². The maximum atomic E-state index is 10.3. The molecule has 0 saturated carbocycles. The Balaban J connectivity index is 1.77. The lowest BCUT2D eigenvalue weighted by Crippen LogP contribution is -2.21. The standard InChI is InChI=1S/C23H30N6O2/c1-27(2)19-5-7-24-17(11-19)15-28(3)16-18-12-21(31)14-23(26-18)22-13-20(6-8-25-22)29(4)9-10-30/h5-8,11-14,30H,9-10,15-16H2,1-4H3,(H,26,31). The summed E-state index contributed by atoms with van der Waals surface area (Å²) >= 11 is 0. The molecule has 0 amide bonds. The second kappa shape index (κ2) is 10.2. The Morgan fingerprint density at radius 2 is 1.52 bits per heavy atom. The highest BCUT2D eigenvalue weighted by Gasteiger charge is 2.11. The summed E-state index contributed by atoms with van der Waals surface area (Å²) in [7, 11) is 7.92. The Hall–Kier alpha value is -3.23. The normalized spacial score (nSPS) is 11.0. The zero-order chi connectivity index (χ0) is 22.4. The van der Waals surface area contributed by atoms with Crippen LogP contribution >= 0.6 is 0 Å². The van der Waals surface area contributed by atoms with Gasteiger partial charge in [-0.15, -0.1) is 0 Å². The Morgan fingerprint density at radius 3 is 2.26 bits per heavy atom. The van der Waals surface area contributed by atoms with Gasteiger partial charge in [0, 0.05) is 76.7 Å². The van der Waals surface area contributed by atoms with Crippen LogP contribution in [0.5, 0.6) is 5.75 Å².